The summed E-state index contributed by atoms with van der Waals surface area (Å²) in [6.07, 6.45) is 2.14. The van der Waals surface area contributed by atoms with E-state index in [0.29, 0.717) is 31.1 Å². The minimum absolute atomic E-state index is 0.0263. The minimum Gasteiger partial charge on any atom is -0.504 e. The van der Waals surface area contributed by atoms with Crippen molar-refractivity contribution in [1.29, 1.82) is 0 Å². The van der Waals surface area contributed by atoms with Crippen molar-refractivity contribution in [1.82, 2.24) is 0 Å². The summed E-state index contributed by atoms with van der Waals surface area (Å²) >= 11 is 3.47. The van der Waals surface area contributed by atoms with Gasteiger partial charge in [-0.2, -0.15) is 0 Å². The Bertz CT molecular complexity index is 705. The molecule has 0 heterocycles. The predicted octanol–water partition coefficient (Wildman–Crippen LogP) is 5.11. The normalized spacial score (nSPS) is 11.6. The molecule has 0 aromatic heterocycles. The van der Waals surface area contributed by atoms with Crippen molar-refractivity contribution >= 4 is 32.7 Å². The minimum atomic E-state index is -1.32. The first-order valence-electron chi connectivity index (χ1n) is 7.77. The molecule has 0 aliphatic heterocycles. The number of carboxylic acid groups (broad SMARTS) is 1. The SMILES string of the molecule is CCCC(CCC)(Oc1cc(Br)c2ccccc2c1O)C(=O)O. The molecule has 2 rings (SSSR count). The second-order valence-corrected chi connectivity index (χ2v) is 6.51. The first kappa shape index (κ1) is 17.6. The Kier molecular flexibility index (Phi) is 5.52. The van der Waals surface area contributed by atoms with Gasteiger partial charge in [-0.05, 0) is 24.3 Å². The molecule has 0 unspecified atom stereocenters. The van der Waals surface area contributed by atoms with Gasteiger partial charge in [0.05, 0.1) is 0 Å². The van der Waals surface area contributed by atoms with Gasteiger partial charge in [0.2, 0.25) is 5.60 Å². The molecule has 0 atom stereocenters. The maximum absolute atomic E-state index is 11.8. The van der Waals surface area contributed by atoms with Crippen LogP contribution < -0.4 is 4.74 Å². The summed E-state index contributed by atoms with van der Waals surface area (Å²) in [7, 11) is 0. The van der Waals surface area contributed by atoms with Gasteiger partial charge in [-0.3, -0.25) is 0 Å². The lowest BCUT2D eigenvalue weighted by atomic mass is 9.92. The smallest absolute Gasteiger partial charge is 0.348 e. The van der Waals surface area contributed by atoms with E-state index in [0.717, 1.165) is 9.86 Å². The number of ether oxygens (including phenoxy) is 1. The number of aliphatic carboxylic acids is 1. The summed E-state index contributed by atoms with van der Waals surface area (Å²) in [5.41, 5.74) is -1.32. The highest BCUT2D eigenvalue weighted by atomic mass is 79.9. The van der Waals surface area contributed by atoms with E-state index >= 15 is 0 Å². The summed E-state index contributed by atoms with van der Waals surface area (Å²) in [6.45, 7) is 3.85. The van der Waals surface area contributed by atoms with Crippen LogP contribution in [-0.2, 0) is 4.79 Å². The van der Waals surface area contributed by atoms with Gasteiger partial charge in [-0.25, -0.2) is 4.79 Å². The Balaban J connectivity index is 2.54. The van der Waals surface area contributed by atoms with Gasteiger partial charge in [0.15, 0.2) is 11.5 Å². The standard InChI is InChI=1S/C18H21BrO4/c1-3-9-18(10-4-2,17(21)22)23-15-11-14(19)12-7-5-6-8-13(12)16(15)20/h5-8,11,20H,3-4,9-10H2,1-2H3,(H,21,22). The topological polar surface area (TPSA) is 66.8 Å². The van der Waals surface area contributed by atoms with E-state index in [2.05, 4.69) is 15.9 Å². The second kappa shape index (κ2) is 7.21. The highest BCUT2D eigenvalue weighted by molar-refractivity contribution is 9.10. The number of hydrogen-bond donors (Lipinski definition) is 2. The van der Waals surface area contributed by atoms with Gasteiger partial charge in [-0.1, -0.05) is 66.9 Å². The molecule has 0 saturated heterocycles. The molecule has 124 valence electrons. The molecule has 0 aliphatic rings. The number of carbonyl (C=O) groups is 1. The second-order valence-electron chi connectivity index (χ2n) is 5.65. The summed E-state index contributed by atoms with van der Waals surface area (Å²) in [5, 5.41) is 21.7. The third kappa shape index (κ3) is 3.44. The van der Waals surface area contributed by atoms with E-state index in [-0.39, 0.29) is 11.5 Å². The van der Waals surface area contributed by atoms with E-state index in [4.69, 9.17) is 4.74 Å². The Morgan fingerprint density at radius 3 is 2.26 bits per heavy atom. The largest absolute Gasteiger partial charge is 0.504 e. The molecule has 0 amide bonds. The van der Waals surface area contributed by atoms with Crippen LogP contribution in [0.2, 0.25) is 0 Å². The fourth-order valence-corrected chi connectivity index (χ4v) is 3.43. The number of benzene rings is 2. The van der Waals surface area contributed by atoms with E-state index < -0.39 is 11.6 Å². The summed E-state index contributed by atoms with van der Waals surface area (Å²) in [5.74, 6) is -0.827. The van der Waals surface area contributed by atoms with Crippen molar-refractivity contribution in [3.05, 3.63) is 34.8 Å². The highest BCUT2D eigenvalue weighted by Gasteiger charge is 2.40. The van der Waals surface area contributed by atoms with Gasteiger partial charge >= 0.3 is 5.97 Å². The molecule has 2 N–H and O–H groups in total. The molecular formula is C18H21BrO4. The first-order chi connectivity index (χ1) is 10.9. The Labute approximate surface area is 144 Å². The fourth-order valence-electron chi connectivity index (χ4n) is 2.87. The monoisotopic (exact) mass is 380 g/mol. The molecule has 0 radical (unpaired) electrons. The maximum Gasteiger partial charge on any atom is 0.348 e. The summed E-state index contributed by atoms with van der Waals surface area (Å²) < 4.78 is 6.64. The van der Waals surface area contributed by atoms with Gasteiger partial charge < -0.3 is 14.9 Å². The fraction of sp³-hybridized carbons (Fsp3) is 0.389. The van der Waals surface area contributed by atoms with Crippen molar-refractivity contribution < 1.29 is 19.7 Å². The van der Waals surface area contributed by atoms with Crippen LogP contribution in [0.3, 0.4) is 0 Å². The molecule has 0 bridgehead atoms. The first-order valence-corrected chi connectivity index (χ1v) is 8.57. The predicted molar refractivity (Wildman–Crippen MR) is 94.1 cm³/mol. The van der Waals surface area contributed by atoms with Crippen molar-refractivity contribution in [2.45, 2.75) is 45.1 Å². The molecule has 0 aliphatic carbocycles. The number of carboxylic acids is 1. The van der Waals surface area contributed by atoms with E-state index in [1.165, 1.54) is 0 Å². The Hall–Kier alpha value is -1.75. The lowest BCUT2D eigenvalue weighted by molar-refractivity contribution is -0.157. The zero-order valence-corrected chi connectivity index (χ0v) is 14.9. The van der Waals surface area contributed by atoms with Crippen molar-refractivity contribution in [2.24, 2.45) is 0 Å². The summed E-state index contributed by atoms with van der Waals surface area (Å²) in [4.78, 5) is 11.8. The third-order valence-corrected chi connectivity index (χ3v) is 4.59. The number of phenolic OH excluding ortho intramolecular Hbond substituents is 1. The van der Waals surface area contributed by atoms with Crippen LogP contribution in [0.5, 0.6) is 11.5 Å². The van der Waals surface area contributed by atoms with E-state index in [9.17, 15) is 15.0 Å². The molecule has 23 heavy (non-hydrogen) atoms. The number of hydrogen-bond acceptors (Lipinski definition) is 3. The van der Waals surface area contributed by atoms with Crippen molar-refractivity contribution in [3.8, 4) is 11.5 Å². The zero-order valence-electron chi connectivity index (χ0n) is 13.3. The van der Waals surface area contributed by atoms with Crippen molar-refractivity contribution in [3.63, 3.8) is 0 Å². The van der Waals surface area contributed by atoms with Crippen LogP contribution in [-0.4, -0.2) is 21.8 Å². The van der Waals surface area contributed by atoms with Gasteiger partial charge in [-0.15, -0.1) is 0 Å². The lowest BCUT2D eigenvalue weighted by Crippen LogP contribution is -2.44. The van der Waals surface area contributed by atoms with Gasteiger partial charge in [0.25, 0.3) is 0 Å². The molecule has 5 heteroatoms. The number of fused-ring (bicyclic) bond motifs is 1. The molecule has 0 spiro atoms. The zero-order chi connectivity index (χ0) is 17.0. The van der Waals surface area contributed by atoms with Gasteiger partial charge in [0, 0.05) is 9.86 Å². The Morgan fingerprint density at radius 2 is 1.74 bits per heavy atom. The molecule has 0 saturated carbocycles. The average Bonchev–Trinajstić information content (AvgIpc) is 2.52. The Morgan fingerprint density at radius 1 is 1.17 bits per heavy atom. The lowest BCUT2D eigenvalue weighted by Gasteiger charge is -2.30. The average molecular weight is 381 g/mol. The van der Waals surface area contributed by atoms with E-state index in [1.54, 1.807) is 12.1 Å². The van der Waals surface area contributed by atoms with Gasteiger partial charge in [0.1, 0.15) is 0 Å². The van der Waals surface area contributed by atoms with Crippen LogP contribution >= 0.6 is 15.9 Å². The quantitative estimate of drug-likeness (QED) is 0.700. The molecule has 2 aromatic carbocycles. The summed E-state index contributed by atoms with van der Waals surface area (Å²) in [6, 6.07) is 9.00. The van der Waals surface area contributed by atoms with Crippen LogP contribution in [0.25, 0.3) is 10.8 Å². The molecule has 4 nitrogen and oxygen atoms in total. The third-order valence-electron chi connectivity index (χ3n) is 3.93. The van der Waals surface area contributed by atoms with Crippen LogP contribution in [0.15, 0.2) is 34.8 Å². The number of halogens is 1. The number of phenols is 1. The number of rotatable bonds is 7. The van der Waals surface area contributed by atoms with E-state index in [1.807, 2.05) is 32.0 Å². The molecular weight excluding hydrogens is 360 g/mol. The molecule has 0 fully saturated rings. The van der Waals surface area contributed by atoms with Crippen LogP contribution in [0.4, 0.5) is 0 Å². The van der Waals surface area contributed by atoms with Crippen LogP contribution in [0, 0.1) is 0 Å². The van der Waals surface area contributed by atoms with Crippen LogP contribution in [0.1, 0.15) is 39.5 Å². The number of aromatic hydroxyl groups is 1. The van der Waals surface area contributed by atoms with Crippen molar-refractivity contribution in [2.75, 3.05) is 0 Å². The maximum atomic E-state index is 11.8. The highest BCUT2D eigenvalue weighted by Crippen LogP contribution is 2.42. The molecule has 2 aromatic rings.